The van der Waals surface area contributed by atoms with E-state index in [9.17, 15) is 9.59 Å². The largest absolute Gasteiger partial charge is 0.344 e. The highest BCUT2D eigenvalue weighted by Crippen LogP contribution is 2.55. The number of carbonyl (C=O) groups is 2. The second-order valence-electron chi connectivity index (χ2n) is 13.0. The Kier molecular flexibility index (Phi) is 8.31. The zero-order valence-corrected chi connectivity index (χ0v) is 26.0. The maximum Gasteiger partial charge on any atom is 0.245 e. The number of halogens is 1. The number of carbonyl (C=O) groups excluding carboxylic acids is 2. The molecule has 6 rings (SSSR count). The molecule has 3 unspecified atom stereocenters. The van der Waals surface area contributed by atoms with Gasteiger partial charge in [-0.2, -0.15) is 0 Å². The van der Waals surface area contributed by atoms with Crippen LogP contribution in [0, 0.1) is 17.3 Å². The number of likely N-dealkylation sites (tertiary alicyclic amines) is 1. The van der Waals surface area contributed by atoms with Crippen LogP contribution in [-0.4, -0.2) is 62.1 Å². The number of benzene rings is 2. The van der Waals surface area contributed by atoms with Crippen molar-refractivity contribution in [3.05, 3.63) is 76.1 Å². The number of fused-ring (bicyclic) bond motifs is 5. The molecule has 2 bridgehead atoms. The maximum absolute atomic E-state index is 14.2. The lowest BCUT2D eigenvalue weighted by Crippen LogP contribution is -2.56. The van der Waals surface area contributed by atoms with Crippen molar-refractivity contribution in [1.82, 2.24) is 30.4 Å². The number of aryl methyl sites for hydroxylation is 1. The van der Waals surface area contributed by atoms with E-state index < -0.39 is 6.04 Å². The molecule has 10 heteroatoms. The highest BCUT2D eigenvalue weighted by Gasteiger charge is 2.52. The Morgan fingerprint density at radius 1 is 1.09 bits per heavy atom. The number of tetrazole rings is 1. The summed E-state index contributed by atoms with van der Waals surface area (Å²) in [5.41, 5.74) is 10.1. The molecule has 6 atom stereocenters. The molecule has 0 radical (unpaired) electrons. The molecule has 2 aromatic carbocycles. The second kappa shape index (κ2) is 12.0. The number of nitrogens with one attached hydrogen (secondary N) is 1. The first kappa shape index (κ1) is 29.8. The first-order valence-corrected chi connectivity index (χ1v) is 16.0. The fourth-order valence-electron chi connectivity index (χ4n) is 8.00. The molecule has 2 aliphatic carbocycles. The Balaban J connectivity index is 1.20. The topological polar surface area (TPSA) is 119 Å². The average molecular weight is 604 g/mol. The van der Waals surface area contributed by atoms with Gasteiger partial charge in [-0.1, -0.05) is 68.3 Å². The molecule has 3 aromatic rings. The Morgan fingerprint density at radius 2 is 1.77 bits per heavy atom. The molecule has 3 N–H and O–H groups in total. The minimum Gasteiger partial charge on any atom is -0.344 e. The van der Waals surface area contributed by atoms with Gasteiger partial charge in [0.2, 0.25) is 11.8 Å². The summed E-state index contributed by atoms with van der Waals surface area (Å²) in [6.07, 6.45) is 4.82. The van der Waals surface area contributed by atoms with Gasteiger partial charge in [-0.15, -0.1) is 5.10 Å². The number of rotatable bonds is 9. The third-order valence-corrected chi connectivity index (χ3v) is 11.1. The molecular formula is C33H42ClN7O2. The van der Waals surface area contributed by atoms with Crippen LogP contribution in [-0.2, 0) is 29.5 Å². The van der Waals surface area contributed by atoms with Gasteiger partial charge in [-0.05, 0) is 75.8 Å². The standard InChI is InChI=1S/C33H42ClN7O2/c1-4-20(2)33(19-28-37-38-39-40(28)3)13-15-41(16-14-33)32(43)27(17-21-9-11-22(34)12-10-21)36-31(42)29-25-18-26(30(29)35)24-8-6-5-7-23(24)25/h5-12,20,25-27,29-30H,4,13-19,35H2,1-3H3,(H,36,42)/t20?,25?,26?,27-,29+,30-/m1/s1. The lowest BCUT2D eigenvalue weighted by molar-refractivity contribution is -0.140. The molecule has 2 heterocycles. The SMILES string of the molecule is CCC(C)C1(Cc2nnnn2C)CCN(C(=O)[C@@H](Cc2ccc(Cl)cc2)NC(=O)[C@H]2C3CC(c4ccccc43)[C@H]2N)CC1. The van der Waals surface area contributed by atoms with Crippen molar-refractivity contribution in [3.8, 4) is 0 Å². The molecule has 3 aliphatic rings. The van der Waals surface area contributed by atoms with Crippen molar-refractivity contribution in [2.45, 2.75) is 76.3 Å². The minimum atomic E-state index is -0.686. The quantitative estimate of drug-likeness (QED) is 0.381. The lowest BCUT2D eigenvalue weighted by atomic mass is 9.66. The van der Waals surface area contributed by atoms with Crippen LogP contribution in [0.25, 0.3) is 0 Å². The zero-order valence-electron chi connectivity index (χ0n) is 25.2. The van der Waals surface area contributed by atoms with Crippen LogP contribution in [0.4, 0.5) is 0 Å². The van der Waals surface area contributed by atoms with Crippen LogP contribution in [0.5, 0.6) is 0 Å². The van der Waals surface area contributed by atoms with E-state index in [0.717, 1.165) is 43.5 Å². The van der Waals surface area contributed by atoms with Crippen molar-refractivity contribution in [2.75, 3.05) is 13.1 Å². The van der Waals surface area contributed by atoms with Gasteiger partial charge in [0.15, 0.2) is 5.82 Å². The van der Waals surface area contributed by atoms with E-state index >= 15 is 0 Å². The summed E-state index contributed by atoms with van der Waals surface area (Å²) in [5.74, 6) is 1.08. The van der Waals surface area contributed by atoms with Crippen LogP contribution in [0.2, 0.25) is 5.02 Å². The van der Waals surface area contributed by atoms with E-state index in [0.29, 0.717) is 30.5 Å². The highest BCUT2D eigenvalue weighted by molar-refractivity contribution is 6.30. The van der Waals surface area contributed by atoms with Gasteiger partial charge in [-0.25, -0.2) is 4.68 Å². The summed E-state index contributed by atoms with van der Waals surface area (Å²) in [6, 6.07) is 14.9. The summed E-state index contributed by atoms with van der Waals surface area (Å²) in [7, 11) is 1.88. The third-order valence-electron chi connectivity index (χ3n) is 10.8. The van der Waals surface area contributed by atoms with E-state index in [1.165, 1.54) is 11.1 Å². The van der Waals surface area contributed by atoms with Crippen LogP contribution < -0.4 is 11.1 Å². The number of nitrogens with two attached hydrogens (primary N) is 1. The fraction of sp³-hybridized carbons (Fsp3) is 0.545. The first-order chi connectivity index (χ1) is 20.7. The van der Waals surface area contributed by atoms with Gasteiger partial charge in [0.05, 0.1) is 5.92 Å². The Bertz CT molecular complexity index is 1470. The van der Waals surface area contributed by atoms with Crippen LogP contribution in [0.1, 0.15) is 73.9 Å². The number of amides is 2. The number of hydrogen-bond acceptors (Lipinski definition) is 6. The van der Waals surface area contributed by atoms with Crippen molar-refractivity contribution in [3.63, 3.8) is 0 Å². The molecule has 9 nitrogen and oxygen atoms in total. The molecule has 1 saturated heterocycles. The van der Waals surface area contributed by atoms with Gasteiger partial charge < -0.3 is 16.0 Å². The van der Waals surface area contributed by atoms with Crippen molar-refractivity contribution in [2.24, 2.45) is 30.0 Å². The summed E-state index contributed by atoms with van der Waals surface area (Å²) in [5, 5.41) is 16.0. The Morgan fingerprint density at radius 3 is 2.40 bits per heavy atom. The number of hydrogen-bond donors (Lipinski definition) is 2. The third kappa shape index (κ3) is 5.57. The van der Waals surface area contributed by atoms with E-state index in [1.54, 1.807) is 4.68 Å². The van der Waals surface area contributed by atoms with Crippen molar-refractivity contribution < 1.29 is 9.59 Å². The van der Waals surface area contributed by atoms with Crippen LogP contribution in [0.15, 0.2) is 48.5 Å². The molecule has 2 fully saturated rings. The Labute approximate surface area is 258 Å². The minimum absolute atomic E-state index is 0.00612. The molecule has 43 heavy (non-hydrogen) atoms. The van der Waals surface area contributed by atoms with Gasteiger partial charge in [0, 0.05) is 50.0 Å². The predicted octanol–water partition coefficient (Wildman–Crippen LogP) is 4.02. The predicted molar refractivity (Wildman–Crippen MR) is 165 cm³/mol. The summed E-state index contributed by atoms with van der Waals surface area (Å²) in [4.78, 5) is 30.1. The van der Waals surface area contributed by atoms with Gasteiger partial charge in [0.25, 0.3) is 0 Å². The van der Waals surface area contributed by atoms with E-state index in [4.69, 9.17) is 17.3 Å². The summed E-state index contributed by atoms with van der Waals surface area (Å²) in [6.45, 7) is 5.77. The molecule has 1 aliphatic heterocycles. The molecule has 1 aromatic heterocycles. The average Bonchev–Trinajstić information content (AvgIpc) is 3.70. The van der Waals surface area contributed by atoms with E-state index in [1.807, 2.05) is 48.3 Å². The maximum atomic E-state index is 14.2. The van der Waals surface area contributed by atoms with Crippen LogP contribution >= 0.6 is 11.6 Å². The second-order valence-corrected chi connectivity index (χ2v) is 13.4. The van der Waals surface area contributed by atoms with Crippen molar-refractivity contribution in [1.29, 1.82) is 0 Å². The highest BCUT2D eigenvalue weighted by atomic mass is 35.5. The van der Waals surface area contributed by atoms with Crippen molar-refractivity contribution >= 4 is 23.4 Å². The Hall–Kier alpha value is -3.30. The van der Waals surface area contributed by atoms with Gasteiger partial charge in [0.1, 0.15) is 6.04 Å². The molecule has 1 saturated carbocycles. The molecule has 2 amide bonds. The van der Waals surface area contributed by atoms with Gasteiger partial charge in [-0.3, -0.25) is 9.59 Å². The lowest BCUT2D eigenvalue weighted by Gasteiger charge is -2.46. The normalized spacial score (nSPS) is 25.3. The van der Waals surface area contributed by atoms with E-state index in [2.05, 4.69) is 46.8 Å². The molecule has 228 valence electrons. The first-order valence-electron chi connectivity index (χ1n) is 15.6. The summed E-state index contributed by atoms with van der Waals surface area (Å²) < 4.78 is 1.75. The van der Waals surface area contributed by atoms with E-state index in [-0.39, 0.29) is 41.0 Å². The number of piperidine rings is 1. The smallest absolute Gasteiger partial charge is 0.245 e. The number of aromatic nitrogens is 4. The van der Waals surface area contributed by atoms with Crippen LogP contribution in [0.3, 0.4) is 0 Å². The summed E-state index contributed by atoms with van der Waals surface area (Å²) >= 11 is 6.15. The van der Waals surface area contributed by atoms with Gasteiger partial charge >= 0.3 is 0 Å². The zero-order chi connectivity index (χ0) is 30.3. The molecule has 0 spiro atoms. The monoisotopic (exact) mass is 603 g/mol. The molecular weight excluding hydrogens is 562 g/mol. The number of nitrogens with zero attached hydrogens (tertiary/aromatic N) is 5. The fourth-order valence-corrected chi connectivity index (χ4v) is 8.13.